The van der Waals surface area contributed by atoms with Gasteiger partial charge in [-0.15, -0.1) is 10.2 Å². The highest BCUT2D eigenvalue weighted by molar-refractivity contribution is 7.99. The molecule has 0 spiro atoms. The fourth-order valence-corrected chi connectivity index (χ4v) is 3.74. The van der Waals surface area contributed by atoms with E-state index in [2.05, 4.69) is 20.7 Å². The molecule has 0 aliphatic carbocycles. The molecule has 9 heteroatoms. The lowest BCUT2D eigenvalue weighted by molar-refractivity contribution is -0.118. The van der Waals surface area contributed by atoms with Gasteiger partial charge in [0.15, 0.2) is 11.0 Å². The molecular formula is C24H20ClN5O2S. The summed E-state index contributed by atoms with van der Waals surface area (Å²) in [5.74, 6) is 2.04. The molecule has 3 aromatic carbocycles. The Morgan fingerprint density at radius 2 is 1.82 bits per heavy atom. The number of nitrogens with one attached hydrogen (secondary N) is 1. The highest BCUT2D eigenvalue weighted by Gasteiger charge is 2.12. The minimum Gasteiger partial charge on any atom is -0.457 e. The molecule has 0 unspecified atom stereocenters. The number of ether oxygens (including phenoxy) is 1. The average Bonchev–Trinajstić information content (AvgIpc) is 3.19. The van der Waals surface area contributed by atoms with Crippen LogP contribution < -0.4 is 10.2 Å². The van der Waals surface area contributed by atoms with Gasteiger partial charge in [-0.3, -0.25) is 4.79 Å². The third-order valence-electron chi connectivity index (χ3n) is 4.51. The molecule has 1 N–H and O–H groups in total. The summed E-state index contributed by atoms with van der Waals surface area (Å²) in [6.45, 7) is 0. The number of benzene rings is 3. The second-order valence-corrected chi connectivity index (χ2v) is 8.32. The maximum atomic E-state index is 12.2. The lowest BCUT2D eigenvalue weighted by Gasteiger charge is -2.06. The van der Waals surface area contributed by atoms with Crippen LogP contribution in [0, 0.1) is 0 Å². The number of hydrazone groups is 1. The summed E-state index contributed by atoms with van der Waals surface area (Å²) in [5, 5.41) is 13.7. The Hall–Kier alpha value is -3.62. The van der Waals surface area contributed by atoms with Crippen LogP contribution in [0.2, 0.25) is 5.02 Å². The SMILES string of the molecule is Cn1c(SCC(=O)N/N=C\c2cccc(Oc3ccccc3)c2)nnc1-c1ccc(Cl)cc1. The van der Waals surface area contributed by atoms with E-state index in [9.17, 15) is 4.79 Å². The molecule has 1 amide bonds. The van der Waals surface area contributed by atoms with E-state index in [0.29, 0.717) is 21.8 Å². The van der Waals surface area contributed by atoms with Gasteiger partial charge in [0.05, 0.1) is 12.0 Å². The van der Waals surface area contributed by atoms with Crippen LogP contribution in [0.3, 0.4) is 0 Å². The molecule has 166 valence electrons. The van der Waals surface area contributed by atoms with Crippen molar-refractivity contribution in [3.05, 3.63) is 89.4 Å². The first-order valence-electron chi connectivity index (χ1n) is 10.0. The number of carbonyl (C=O) groups excluding carboxylic acids is 1. The van der Waals surface area contributed by atoms with Gasteiger partial charge in [0.25, 0.3) is 5.91 Å². The lowest BCUT2D eigenvalue weighted by atomic mass is 10.2. The predicted molar refractivity (Wildman–Crippen MR) is 131 cm³/mol. The molecule has 0 saturated heterocycles. The minimum absolute atomic E-state index is 0.154. The summed E-state index contributed by atoms with van der Waals surface area (Å²) >= 11 is 7.22. The monoisotopic (exact) mass is 477 g/mol. The van der Waals surface area contributed by atoms with Gasteiger partial charge in [0, 0.05) is 17.6 Å². The predicted octanol–water partition coefficient (Wildman–Crippen LogP) is 5.17. The second-order valence-electron chi connectivity index (χ2n) is 6.94. The molecule has 0 radical (unpaired) electrons. The number of halogens is 1. The Labute approximate surface area is 200 Å². The van der Waals surface area contributed by atoms with Gasteiger partial charge in [-0.05, 0) is 54.1 Å². The van der Waals surface area contributed by atoms with Crippen LogP contribution in [-0.2, 0) is 11.8 Å². The lowest BCUT2D eigenvalue weighted by Crippen LogP contribution is -2.19. The number of thioether (sulfide) groups is 1. The molecule has 4 aromatic rings. The zero-order chi connectivity index (χ0) is 23.0. The van der Waals surface area contributed by atoms with Crippen LogP contribution in [0.4, 0.5) is 0 Å². The van der Waals surface area contributed by atoms with E-state index in [4.69, 9.17) is 16.3 Å². The zero-order valence-corrected chi connectivity index (χ0v) is 19.3. The molecule has 7 nitrogen and oxygen atoms in total. The smallest absolute Gasteiger partial charge is 0.250 e. The van der Waals surface area contributed by atoms with Gasteiger partial charge in [0.1, 0.15) is 11.5 Å². The highest BCUT2D eigenvalue weighted by Crippen LogP contribution is 2.24. The van der Waals surface area contributed by atoms with Gasteiger partial charge in [-0.2, -0.15) is 5.10 Å². The summed E-state index contributed by atoms with van der Waals surface area (Å²) in [5.41, 5.74) is 4.23. The molecule has 33 heavy (non-hydrogen) atoms. The van der Waals surface area contributed by atoms with E-state index in [-0.39, 0.29) is 11.7 Å². The maximum Gasteiger partial charge on any atom is 0.250 e. The van der Waals surface area contributed by atoms with Crippen molar-refractivity contribution in [3.63, 3.8) is 0 Å². The summed E-state index contributed by atoms with van der Waals surface area (Å²) in [6, 6.07) is 24.3. The third-order valence-corrected chi connectivity index (χ3v) is 5.78. The van der Waals surface area contributed by atoms with Crippen molar-refractivity contribution in [3.8, 4) is 22.9 Å². The number of amides is 1. The Balaban J connectivity index is 1.29. The van der Waals surface area contributed by atoms with Crippen molar-refractivity contribution < 1.29 is 9.53 Å². The van der Waals surface area contributed by atoms with Crippen LogP contribution in [0.1, 0.15) is 5.56 Å². The van der Waals surface area contributed by atoms with Crippen LogP contribution >= 0.6 is 23.4 Å². The minimum atomic E-state index is -0.246. The van der Waals surface area contributed by atoms with Crippen molar-refractivity contribution in [1.29, 1.82) is 0 Å². The fraction of sp³-hybridized carbons (Fsp3) is 0.0833. The number of rotatable bonds is 8. The van der Waals surface area contributed by atoms with Crippen molar-refractivity contribution in [1.82, 2.24) is 20.2 Å². The van der Waals surface area contributed by atoms with Gasteiger partial charge < -0.3 is 9.30 Å². The molecule has 1 heterocycles. The molecule has 0 aliphatic rings. The standard InChI is InChI=1S/C24H20ClN5O2S/c1-30-23(18-10-12-19(25)13-11-18)28-29-24(30)33-16-22(31)27-26-15-17-6-5-9-21(14-17)32-20-7-3-2-4-8-20/h2-15H,16H2,1H3,(H,27,31)/b26-15-. The van der Waals surface area contributed by atoms with Gasteiger partial charge >= 0.3 is 0 Å². The fourth-order valence-electron chi connectivity index (χ4n) is 2.92. The molecule has 4 rings (SSSR count). The van der Waals surface area contributed by atoms with E-state index in [1.807, 2.05) is 78.3 Å². The van der Waals surface area contributed by atoms with Crippen molar-refractivity contribution in [2.45, 2.75) is 5.16 Å². The van der Waals surface area contributed by atoms with Crippen LogP contribution in [0.25, 0.3) is 11.4 Å². The Bertz CT molecular complexity index is 1260. The van der Waals surface area contributed by atoms with Crippen molar-refractivity contribution in [2.24, 2.45) is 12.1 Å². The van der Waals surface area contributed by atoms with Crippen LogP contribution in [0.15, 0.2) is 89.1 Å². The van der Waals surface area contributed by atoms with E-state index >= 15 is 0 Å². The van der Waals surface area contributed by atoms with Gasteiger partial charge in [-0.25, -0.2) is 5.43 Å². The van der Waals surface area contributed by atoms with E-state index < -0.39 is 0 Å². The summed E-state index contributed by atoms with van der Waals surface area (Å²) in [4.78, 5) is 12.2. The van der Waals surface area contributed by atoms with Crippen molar-refractivity contribution in [2.75, 3.05) is 5.75 Å². The zero-order valence-electron chi connectivity index (χ0n) is 17.7. The second kappa shape index (κ2) is 10.8. The Morgan fingerprint density at radius 3 is 2.61 bits per heavy atom. The van der Waals surface area contributed by atoms with Crippen LogP contribution in [0.5, 0.6) is 11.5 Å². The largest absolute Gasteiger partial charge is 0.457 e. The summed E-state index contributed by atoms with van der Waals surface area (Å²) in [6.07, 6.45) is 1.57. The number of hydrogen-bond acceptors (Lipinski definition) is 6. The molecule has 0 bridgehead atoms. The molecule has 1 aromatic heterocycles. The quantitative estimate of drug-likeness (QED) is 0.215. The molecular weight excluding hydrogens is 458 g/mol. The average molecular weight is 478 g/mol. The maximum absolute atomic E-state index is 12.2. The number of carbonyl (C=O) groups is 1. The number of hydrogen-bond donors (Lipinski definition) is 1. The summed E-state index contributed by atoms with van der Waals surface area (Å²) in [7, 11) is 1.85. The Morgan fingerprint density at radius 1 is 1.06 bits per heavy atom. The first kappa shape index (κ1) is 22.6. The Kier molecular flexibility index (Phi) is 7.39. The van der Waals surface area contributed by atoms with Gasteiger partial charge in [0.2, 0.25) is 0 Å². The molecule has 0 atom stereocenters. The van der Waals surface area contributed by atoms with Crippen molar-refractivity contribution >= 4 is 35.5 Å². The molecule has 0 saturated carbocycles. The van der Waals surface area contributed by atoms with E-state index in [1.54, 1.807) is 18.3 Å². The molecule has 0 aliphatic heterocycles. The first-order valence-corrected chi connectivity index (χ1v) is 11.4. The number of nitrogens with zero attached hydrogens (tertiary/aromatic N) is 4. The number of para-hydroxylation sites is 1. The summed E-state index contributed by atoms with van der Waals surface area (Å²) < 4.78 is 7.65. The van der Waals surface area contributed by atoms with E-state index in [1.165, 1.54) is 11.8 Å². The van der Waals surface area contributed by atoms with E-state index in [0.717, 1.165) is 16.9 Å². The first-order chi connectivity index (χ1) is 16.1. The highest BCUT2D eigenvalue weighted by atomic mass is 35.5. The molecule has 0 fully saturated rings. The van der Waals surface area contributed by atoms with Gasteiger partial charge in [-0.1, -0.05) is 53.7 Å². The third kappa shape index (κ3) is 6.21. The topological polar surface area (TPSA) is 81.4 Å². The number of aromatic nitrogens is 3. The van der Waals surface area contributed by atoms with Crippen LogP contribution in [-0.4, -0.2) is 32.6 Å². The normalized spacial score (nSPS) is 11.0.